The number of carbonyl (C=O) groups excluding carboxylic acids is 1. The van der Waals surface area contributed by atoms with Crippen LogP contribution in [0.3, 0.4) is 0 Å². The summed E-state index contributed by atoms with van der Waals surface area (Å²) in [4.78, 5) is 11.3. The fourth-order valence-electron chi connectivity index (χ4n) is 0.927. The van der Waals surface area contributed by atoms with E-state index in [0.717, 1.165) is 0 Å². The average molecular weight is 234 g/mol. The Morgan fingerprint density at radius 3 is 2.64 bits per heavy atom. The van der Waals surface area contributed by atoms with Gasteiger partial charge < -0.3 is 10.5 Å². The fourth-order valence-corrected chi connectivity index (χ4v) is 1.34. The maximum Gasteiger partial charge on any atom is 0.339 e. The minimum atomic E-state index is -0.501. The van der Waals surface area contributed by atoms with Crippen molar-refractivity contribution in [1.82, 2.24) is 0 Å². The summed E-state index contributed by atoms with van der Waals surface area (Å²) in [6, 6.07) is 2.83. The SMILES string of the molecule is CCOC(=O)c1cc(Cl)c(N)cc1Cl. The normalized spacial score (nSPS) is 9.93. The van der Waals surface area contributed by atoms with Crippen molar-refractivity contribution in [2.75, 3.05) is 12.3 Å². The first-order valence-corrected chi connectivity index (χ1v) is 4.73. The highest BCUT2D eigenvalue weighted by atomic mass is 35.5. The second-order valence-electron chi connectivity index (χ2n) is 2.57. The lowest BCUT2D eigenvalue weighted by atomic mass is 10.2. The number of halogens is 2. The smallest absolute Gasteiger partial charge is 0.339 e. The van der Waals surface area contributed by atoms with Gasteiger partial charge in [-0.2, -0.15) is 0 Å². The van der Waals surface area contributed by atoms with Gasteiger partial charge in [0.05, 0.1) is 27.9 Å². The quantitative estimate of drug-likeness (QED) is 0.632. The zero-order valence-corrected chi connectivity index (χ0v) is 9.02. The van der Waals surface area contributed by atoms with E-state index < -0.39 is 5.97 Å². The largest absolute Gasteiger partial charge is 0.462 e. The summed E-state index contributed by atoms with van der Waals surface area (Å²) in [5, 5.41) is 0.530. The third kappa shape index (κ3) is 2.30. The van der Waals surface area contributed by atoms with Gasteiger partial charge >= 0.3 is 5.97 Å². The molecular formula is C9H9Cl2NO2. The molecule has 0 amide bonds. The Morgan fingerprint density at radius 1 is 1.43 bits per heavy atom. The van der Waals surface area contributed by atoms with E-state index in [-0.39, 0.29) is 22.2 Å². The molecule has 2 N–H and O–H groups in total. The molecule has 3 nitrogen and oxygen atoms in total. The van der Waals surface area contributed by atoms with Crippen LogP contribution < -0.4 is 5.73 Å². The number of carbonyl (C=O) groups is 1. The van der Waals surface area contributed by atoms with Crippen molar-refractivity contribution < 1.29 is 9.53 Å². The number of anilines is 1. The Hall–Kier alpha value is -0.930. The van der Waals surface area contributed by atoms with E-state index in [1.807, 2.05) is 0 Å². The molecule has 76 valence electrons. The van der Waals surface area contributed by atoms with Crippen LogP contribution in [0.25, 0.3) is 0 Å². The molecule has 1 aromatic carbocycles. The van der Waals surface area contributed by atoms with Crippen LogP contribution in [0.15, 0.2) is 12.1 Å². The molecule has 5 heteroatoms. The van der Waals surface area contributed by atoms with Crippen molar-refractivity contribution in [1.29, 1.82) is 0 Å². The van der Waals surface area contributed by atoms with Gasteiger partial charge in [-0.05, 0) is 19.1 Å². The number of esters is 1. The van der Waals surface area contributed by atoms with Crippen LogP contribution in [0, 0.1) is 0 Å². The van der Waals surface area contributed by atoms with E-state index >= 15 is 0 Å². The van der Waals surface area contributed by atoms with E-state index in [4.69, 9.17) is 33.7 Å². The van der Waals surface area contributed by atoms with Gasteiger partial charge in [-0.1, -0.05) is 23.2 Å². The zero-order valence-electron chi connectivity index (χ0n) is 7.51. The molecule has 1 aromatic rings. The fraction of sp³-hybridized carbons (Fsp3) is 0.222. The standard InChI is InChI=1S/C9H9Cl2NO2/c1-2-14-9(13)5-3-7(11)8(12)4-6(5)10/h3-4H,2,12H2,1H3. The van der Waals surface area contributed by atoms with E-state index in [2.05, 4.69) is 0 Å². The minimum Gasteiger partial charge on any atom is -0.462 e. The maximum atomic E-state index is 11.3. The number of hydrogen-bond donors (Lipinski definition) is 1. The third-order valence-electron chi connectivity index (χ3n) is 1.58. The minimum absolute atomic E-state index is 0.229. The highest BCUT2D eigenvalue weighted by Crippen LogP contribution is 2.27. The van der Waals surface area contributed by atoms with Crippen LogP contribution in [-0.4, -0.2) is 12.6 Å². The van der Waals surface area contributed by atoms with Crippen molar-refractivity contribution in [3.8, 4) is 0 Å². The summed E-state index contributed by atoms with van der Waals surface area (Å²) in [6.07, 6.45) is 0. The van der Waals surface area contributed by atoms with Gasteiger partial charge in [-0.15, -0.1) is 0 Å². The van der Waals surface area contributed by atoms with Crippen LogP contribution in [0.4, 0.5) is 5.69 Å². The second kappa shape index (κ2) is 4.53. The first kappa shape index (κ1) is 11.1. The number of rotatable bonds is 2. The first-order valence-electron chi connectivity index (χ1n) is 3.98. The van der Waals surface area contributed by atoms with Crippen LogP contribution in [-0.2, 0) is 4.74 Å². The molecule has 0 spiro atoms. The maximum absolute atomic E-state index is 11.3. The molecule has 0 radical (unpaired) electrons. The predicted molar refractivity (Wildman–Crippen MR) is 56.8 cm³/mol. The van der Waals surface area contributed by atoms with Crippen molar-refractivity contribution >= 4 is 34.9 Å². The van der Waals surface area contributed by atoms with Crippen LogP contribution in [0.1, 0.15) is 17.3 Å². The molecular weight excluding hydrogens is 225 g/mol. The van der Waals surface area contributed by atoms with Crippen molar-refractivity contribution in [3.63, 3.8) is 0 Å². The van der Waals surface area contributed by atoms with Crippen molar-refractivity contribution in [2.24, 2.45) is 0 Å². The number of hydrogen-bond acceptors (Lipinski definition) is 3. The Labute approximate surface area is 91.7 Å². The first-order chi connectivity index (χ1) is 6.56. The number of nitrogens with two attached hydrogens (primary N) is 1. The van der Waals surface area contributed by atoms with Crippen LogP contribution in [0.5, 0.6) is 0 Å². The summed E-state index contributed by atoms with van der Waals surface area (Å²) in [5.41, 5.74) is 6.06. The van der Waals surface area contributed by atoms with Gasteiger partial charge in [-0.25, -0.2) is 4.79 Å². The number of ether oxygens (including phenoxy) is 1. The molecule has 0 aliphatic carbocycles. The van der Waals surface area contributed by atoms with Gasteiger partial charge in [0, 0.05) is 0 Å². The van der Waals surface area contributed by atoms with Gasteiger partial charge in [0.2, 0.25) is 0 Å². The highest BCUT2D eigenvalue weighted by molar-refractivity contribution is 6.37. The summed E-state index contributed by atoms with van der Waals surface area (Å²) >= 11 is 11.5. The lowest BCUT2D eigenvalue weighted by Crippen LogP contribution is -2.06. The van der Waals surface area contributed by atoms with E-state index in [1.165, 1.54) is 12.1 Å². The van der Waals surface area contributed by atoms with Gasteiger partial charge in [0.1, 0.15) is 0 Å². The van der Waals surface area contributed by atoms with E-state index in [9.17, 15) is 4.79 Å². The Balaban J connectivity index is 3.09. The lowest BCUT2D eigenvalue weighted by molar-refractivity contribution is 0.0526. The topological polar surface area (TPSA) is 52.3 Å². The Morgan fingerprint density at radius 2 is 2.07 bits per heavy atom. The monoisotopic (exact) mass is 233 g/mol. The van der Waals surface area contributed by atoms with Crippen LogP contribution in [0.2, 0.25) is 10.0 Å². The molecule has 0 saturated heterocycles. The average Bonchev–Trinajstić information content (AvgIpc) is 2.11. The van der Waals surface area contributed by atoms with Crippen LogP contribution >= 0.6 is 23.2 Å². The van der Waals surface area contributed by atoms with E-state index in [0.29, 0.717) is 5.69 Å². The summed E-state index contributed by atoms with van der Waals surface area (Å²) in [6.45, 7) is 2.00. The van der Waals surface area contributed by atoms with Gasteiger partial charge in [0.15, 0.2) is 0 Å². The summed E-state index contributed by atoms with van der Waals surface area (Å²) < 4.78 is 4.78. The highest BCUT2D eigenvalue weighted by Gasteiger charge is 2.13. The number of benzene rings is 1. The Bertz CT molecular complexity index is 366. The zero-order chi connectivity index (χ0) is 10.7. The Kier molecular flexibility index (Phi) is 3.61. The van der Waals surface area contributed by atoms with E-state index in [1.54, 1.807) is 6.92 Å². The molecule has 14 heavy (non-hydrogen) atoms. The van der Waals surface area contributed by atoms with Crippen molar-refractivity contribution in [2.45, 2.75) is 6.92 Å². The molecule has 0 aliphatic rings. The molecule has 0 unspecified atom stereocenters. The lowest BCUT2D eigenvalue weighted by Gasteiger charge is -2.06. The molecule has 0 fully saturated rings. The third-order valence-corrected chi connectivity index (χ3v) is 2.22. The molecule has 0 saturated carbocycles. The molecule has 0 heterocycles. The summed E-state index contributed by atoms with van der Waals surface area (Å²) in [5.74, 6) is -0.501. The second-order valence-corrected chi connectivity index (χ2v) is 3.39. The number of nitrogen functional groups attached to an aromatic ring is 1. The molecule has 0 atom stereocenters. The molecule has 0 aromatic heterocycles. The molecule has 0 bridgehead atoms. The predicted octanol–water partition coefficient (Wildman–Crippen LogP) is 2.75. The van der Waals surface area contributed by atoms with Gasteiger partial charge in [-0.3, -0.25) is 0 Å². The van der Waals surface area contributed by atoms with Crippen molar-refractivity contribution in [3.05, 3.63) is 27.7 Å². The summed E-state index contributed by atoms with van der Waals surface area (Å²) in [7, 11) is 0. The van der Waals surface area contributed by atoms with Gasteiger partial charge in [0.25, 0.3) is 0 Å². The molecule has 1 rings (SSSR count). The molecule has 0 aliphatic heterocycles.